The van der Waals surface area contributed by atoms with Crippen LogP contribution in [0.4, 0.5) is 4.39 Å². The zero-order valence-electron chi connectivity index (χ0n) is 18.1. The number of guanidine groups is 1. The first kappa shape index (κ1) is 25.0. The number of amides is 2. The lowest BCUT2D eigenvalue weighted by atomic mass is 9.85. The number of benzene rings is 1. The summed E-state index contributed by atoms with van der Waals surface area (Å²) in [6, 6.07) is 6.81. The first-order chi connectivity index (χ1) is 15.1. The molecule has 2 fully saturated rings. The van der Waals surface area contributed by atoms with Gasteiger partial charge in [-0.05, 0) is 36.8 Å². The van der Waals surface area contributed by atoms with E-state index in [1.807, 2.05) is 13.0 Å². The molecule has 1 aliphatic heterocycles. The van der Waals surface area contributed by atoms with Crippen LogP contribution in [0.5, 0.6) is 0 Å². The lowest BCUT2D eigenvalue weighted by molar-refractivity contribution is -0.140. The van der Waals surface area contributed by atoms with Crippen molar-refractivity contribution in [2.45, 2.75) is 19.1 Å². The minimum Gasteiger partial charge on any atom is -0.357 e. The summed E-state index contributed by atoms with van der Waals surface area (Å²) in [5.74, 6) is 2.04. The van der Waals surface area contributed by atoms with E-state index in [2.05, 4.69) is 27.8 Å². The lowest BCUT2D eigenvalue weighted by Crippen LogP contribution is -2.43. The van der Waals surface area contributed by atoms with Crippen molar-refractivity contribution in [2.24, 2.45) is 28.7 Å². The highest BCUT2D eigenvalue weighted by atomic mass is 127. The molecule has 9 heteroatoms. The lowest BCUT2D eigenvalue weighted by Gasteiger charge is -2.18. The van der Waals surface area contributed by atoms with Crippen molar-refractivity contribution in [1.29, 1.82) is 0 Å². The number of carbonyl (C=O) groups is 2. The molecule has 2 aliphatic carbocycles. The summed E-state index contributed by atoms with van der Waals surface area (Å²) in [5.41, 5.74) is 0.704. The molecule has 1 saturated heterocycles. The van der Waals surface area contributed by atoms with Gasteiger partial charge in [0.1, 0.15) is 5.82 Å². The summed E-state index contributed by atoms with van der Waals surface area (Å²) < 4.78 is 13.7. The fourth-order valence-electron chi connectivity index (χ4n) is 4.83. The molecule has 6 nitrogen and oxygen atoms in total. The van der Waals surface area contributed by atoms with E-state index in [4.69, 9.17) is 0 Å². The quantitative estimate of drug-likeness (QED) is 0.119. The number of likely N-dealkylation sites (tertiary alicyclic amines) is 1. The molecule has 2 N–H and O–H groups in total. The monoisotopic (exact) mass is 572 g/mol. The Morgan fingerprint density at radius 2 is 1.84 bits per heavy atom. The average Bonchev–Trinajstić information content (AvgIpc) is 3.44. The number of fused-ring (bicyclic) bond motifs is 5. The van der Waals surface area contributed by atoms with Crippen LogP contribution in [0, 0.1) is 29.5 Å². The van der Waals surface area contributed by atoms with Crippen LogP contribution < -0.4 is 10.6 Å². The average molecular weight is 572 g/mol. The summed E-state index contributed by atoms with van der Waals surface area (Å²) in [4.78, 5) is 31.5. The number of rotatable bonds is 9. The smallest absolute Gasteiger partial charge is 0.233 e. The maximum absolute atomic E-state index is 13.7. The number of carbonyl (C=O) groups excluding carboxylic acids is 2. The molecule has 2 bridgehead atoms. The maximum atomic E-state index is 13.7. The van der Waals surface area contributed by atoms with Crippen LogP contribution in [-0.4, -0.2) is 54.6 Å². The number of imide groups is 1. The van der Waals surface area contributed by atoms with E-state index in [-0.39, 0.29) is 65.3 Å². The second-order valence-electron chi connectivity index (χ2n) is 8.16. The van der Waals surface area contributed by atoms with Gasteiger partial charge in [-0.2, -0.15) is 11.8 Å². The van der Waals surface area contributed by atoms with Crippen molar-refractivity contribution in [3.05, 3.63) is 47.8 Å². The third-order valence-corrected chi connectivity index (χ3v) is 7.24. The van der Waals surface area contributed by atoms with Gasteiger partial charge in [0.2, 0.25) is 11.8 Å². The second kappa shape index (κ2) is 11.5. The first-order valence-corrected chi connectivity index (χ1v) is 12.1. The fourth-order valence-corrected chi connectivity index (χ4v) is 5.65. The number of hydrogen-bond acceptors (Lipinski definition) is 4. The summed E-state index contributed by atoms with van der Waals surface area (Å²) in [6.07, 6.45) is 5.17. The molecule has 0 spiro atoms. The van der Waals surface area contributed by atoms with E-state index >= 15 is 0 Å². The highest BCUT2D eigenvalue weighted by Gasteiger charge is 2.58. The molecular formula is C23H30FIN4O2S. The Hall–Kier alpha value is -1.62. The van der Waals surface area contributed by atoms with E-state index in [0.29, 0.717) is 36.9 Å². The van der Waals surface area contributed by atoms with Crippen LogP contribution in [0.3, 0.4) is 0 Å². The zero-order chi connectivity index (χ0) is 21.8. The van der Waals surface area contributed by atoms with Crippen LogP contribution in [0.25, 0.3) is 0 Å². The van der Waals surface area contributed by atoms with E-state index in [9.17, 15) is 14.0 Å². The van der Waals surface area contributed by atoms with Crippen LogP contribution >= 0.6 is 35.7 Å². The van der Waals surface area contributed by atoms with Crippen molar-refractivity contribution < 1.29 is 14.0 Å². The van der Waals surface area contributed by atoms with Crippen molar-refractivity contribution in [3.63, 3.8) is 0 Å². The Labute approximate surface area is 209 Å². The molecule has 2 amide bonds. The minimum absolute atomic E-state index is 0. The predicted molar refractivity (Wildman–Crippen MR) is 136 cm³/mol. The number of allylic oxidation sites excluding steroid dienone is 2. The van der Waals surface area contributed by atoms with Gasteiger partial charge in [-0.15, -0.1) is 24.0 Å². The van der Waals surface area contributed by atoms with Gasteiger partial charge in [-0.3, -0.25) is 19.5 Å². The van der Waals surface area contributed by atoms with Gasteiger partial charge in [-0.1, -0.05) is 30.4 Å². The molecule has 4 atom stereocenters. The van der Waals surface area contributed by atoms with Crippen LogP contribution in [0.2, 0.25) is 0 Å². The number of halogens is 2. The molecule has 4 rings (SSSR count). The molecule has 1 saturated carbocycles. The van der Waals surface area contributed by atoms with Gasteiger partial charge in [0.15, 0.2) is 5.96 Å². The number of hydrogen-bond donors (Lipinski definition) is 2. The van der Waals surface area contributed by atoms with E-state index < -0.39 is 0 Å². The molecule has 4 unspecified atom stereocenters. The van der Waals surface area contributed by atoms with Crippen LogP contribution in [0.15, 0.2) is 41.4 Å². The van der Waals surface area contributed by atoms with Crippen LogP contribution in [-0.2, 0) is 15.3 Å². The standard InChI is InChI=1S/C23H29FN4O2S.HI/c1-2-25-23(27-10-12-31-14-17-5-3-4-6-18(17)24)26-9-11-28-21(29)19-15-7-8-16(13-15)20(19)22(28)30;/h3-8,15-16,19-20H,2,9-14H2,1H3,(H2,25,26,27);1H. The summed E-state index contributed by atoms with van der Waals surface area (Å²) >= 11 is 1.63. The third kappa shape index (κ3) is 5.30. The largest absolute Gasteiger partial charge is 0.357 e. The number of thioether (sulfide) groups is 1. The van der Waals surface area contributed by atoms with Crippen molar-refractivity contribution in [2.75, 3.05) is 31.9 Å². The van der Waals surface area contributed by atoms with Gasteiger partial charge in [-0.25, -0.2) is 4.39 Å². The molecule has 32 heavy (non-hydrogen) atoms. The number of aliphatic imine (C=N–C) groups is 1. The molecule has 174 valence electrons. The topological polar surface area (TPSA) is 73.8 Å². The first-order valence-electron chi connectivity index (χ1n) is 11.0. The van der Waals surface area contributed by atoms with Crippen LogP contribution in [0.1, 0.15) is 18.9 Å². The molecule has 0 radical (unpaired) electrons. The van der Waals surface area contributed by atoms with Gasteiger partial charge in [0.25, 0.3) is 0 Å². The van der Waals surface area contributed by atoms with E-state index in [1.165, 1.54) is 11.0 Å². The van der Waals surface area contributed by atoms with Gasteiger partial charge < -0.3 is 10.6 Å². The van der Waals surface area contributed by atoms with Gasteiger partial charge in [0.05, 0.1) is 18.4 Å². The molecule has 0 aromatic heterocycles. The van der Waals surface area contributed by atoms with Crippen molar-refractivity contribution in [1.82, 2.24) is 15.5 Å². The Bertz CT molecular complexity index is 867. The van der Waals surface area contributed by atoms with Gasteiger partial charge in [0, 0.05) is 31.1 Å². The molecule has 1 aromatic rings. The maximum Gasteiger partial charge on any atom is 0.233 e. The highest BCUT2D eigenvalue weighted by molar-refractivity contribution is 14.0. The number of nitrogens with zero attached hydrogens (tertiary/aromatic N) is 2. The Kier molecular flexibility index (Phi) is 8.98. The third-order valence-electron chi connectivity index (χ3n) is 6.25. The fraction of sp³-hybridized carbons (Fsp3) is 0.522. The Morgan fingerprint density at radius 3 is 2.50 bits per heavy atom. The Balaban J connectivity index is 0.00000289. The molecule has 1 heterocycles. The molecular weight excluding hydrogens is 542 g/mol. The summed E-state index contributed by atoms with van der Waals surface area (Å²) in [5, 5.41) is 6.40. The summed E-state index contributed by atoms with van der Waals surface area (Å²) in [6.45, 7) is 4.12. The second-order valence-corrected chi connectivity index (χ2v) is 9.26. The highest BCUT2D eigenvalue weighted by Crippen LogP contribution is 2.52. The Morgan fingerprint density at radius 1 is 1.16 bits per heavy atom. The van der Waals surface area contributed by atoms with E-state index in [1.54, 1.807) is 23.9 Å². The van der Waals surface area contributed by atoms with Crippen molar-refractivity contribution in [3.8, 4) is 0 Å². The number of nitrogens with one attached hydrogen (secondary N) is 2. The molecule has 1 aromatic carbocycles. The molecule has 3 aliphatic rings. The normalized spacial score (nSPS) is 25.8. The van der Waals surface area contributed by atoms with Crippen molar-refractivity contribution >= 4 is 53.5 Å². The SMILES string of the molecule is CCNC(=NCCSCc1ccccc1F)NCCN1C(=O)C2C3C=CC(C3)C2C1=O.I. The predicted octanol–water partition coefficient (Wildman–Crippen LogP) is 3.04. The van der Waals surface area contributed by atoms with Gasteiger partial charge >= 0.3 is 0 Å². The van der Waals surface area contributed by atoms with E-state index in [0.717, 1.165) is 18.7 Å². The minimum atomic E-state index is -0.174. The zero-order valence-corrected chi connectivity index (χ0v) is 21.3. The summed E-state index contributed by atoms with van der Waals surface area (Å²) in [7, 11) is 0.